The van der Waals surface area contributed by atoms with Crippen molar-refractivity contribution in [3.05, 3.63) is 84.9 Å². The molecule has 0 radical (unpaired) electrons. The van der Waals surface area contributed by atoms with E-state index in [9.17, 15) is 19.7 Å². The molecule has 0 aliphatic heterocycles. The van der Waals surface area contributed by atoms with Gasteiger partial charge in [0, 0.05) is 43.1 Å². The van der Waals surface area contributed by atoms with Gasteiger partial charge in [-0.2, -0.15) is 0 Å². The number of nitro benzene ring substituents is 1. The van der Waals surface area contributed by atoms with E-state index < -0.39 is 16.4 Å². The van der Waals surface area contributed by atoms with Gasteiger partial charge in [0.15, 0.2) is 0 Å². The highest BCUT2D eigenvalue weighted by Gasteiger charge is 2.19. The van der Waals surface area contributed by atoms with Gasteiger partial charge in [-0.3, -0.25) is 24.1 Å². The number of hydrogen-bond donors (Lipinski definition) is 0. The molecule has 0 aliphatic rings. The smallest absolute Gasteiger partial charge is 0.270 e. The normalized spacial score (nSPS) is 10.8. The zero-order chi connectivity index (χ0) is 19.7. The number of carbonyl (C=O) groups is 1. The van der Waals surface area contributed by atoms with E-state index in [2.05, 4.69) is 4.98 Å². The summed E-state index contributed by atoms with van der Waals surface area (Å²) >= 11 is 6.08. The number of fused-ring (bicyclic) bond motifs is 1. The summed E-state index contributed by atoms with van der Waals surface area (Å²) < 4.78 is 1.32. The van der Waals surface area contributed by atoms with E-state index in [1.54, 1.807) is 12.3 Å². The molecule has 9 heteroatoms. The van der Waals surface area contributed by atoms with Gasteiger partial charge in [0.2, 0.25) is 0 Å². The minimum atomic E-state index is -0.550. The lowest BCUT2D eigenvalue weighted by Gasteiger charge is -2.18. The molecule has 0 unspecified atom stereocenters. The van der Waals surface area contributed by atoms with Gasteiger partial charge in [-0.1, -0.05) is 17.7 Å². The first-order valence-electron chi connectivity index (χ1n) is 7.94. The van der Waals surface area contributed by atoms with Crippen molar-refractivity contribution in [2.24, 2.45) is 0 Å². The van der Waals surface area contributed by atoms with E-state index >= 15 is 0 Å². The molecule has 27 heavy (non-hydrogen) atoms. The molecule has 1 amide bonds. The summed E-state index contributed by atoms with van der Waals surface area (Å²) in [4.78, 5) is 41.2. The topological polar surface area (TPSA) is 97.8 Å². The van der Waals surface area contributed by atoms with Gasteiger partial charge in [0.05, 0.1) is 4.92 Å². The number of aryl methyl sites for hydroxylation is 1. The van der Waals surface area contributed by atoms with E-state index in [-0.39, 0.29) is 17.8 Å². The van der Waals surface area contributed by atoms with Crippen LogP contribution in [0.4, 0.5) is 5.69 Å². The molecule has 0 spiro atoms. The zero-order valence-electron chi connectivity index (χ0n) is 14.5. The Hall–Kier alpha value is -3.26. The second-order valence-electron chi connectivity index (χ2n) is 6.11. The number of carbonyl (C=O) groups excluding carboxylic acids is 1. The van der Waals surface area contributed by atoms with Crippen molar-refractivity contribution >= 4 is 28.8 Å². The maximum absolute atomic E-state index is 12.7. The highest BCUT2D eigenvalue weighted by Crippen LogP contribution is 2.23. The number of nitrogens with zero attached hydrogens (tertiary/aromatic N) is 4. The summed E-state index contributed by atoms with van der Waals surface area (Å²) in [7, 11) is 1.49. The first-order valence-corrected chi connectivity index (χ1v) is 8.32. The first-order chi connectivity index (χ1) is 12.8. The highest BCUT2D eigenvalue weighted by atomic mass is 35.5. The van der Waals surface area contributed by atoms with Gasteiger partial charge in [-0.15, -0.1) is 0 Å². The lowest BCUT2D eigenvalue weighted by Crippen LogP contribution is -2.33. The third-order valence-electron chi connectivity index (χ3n) is 4.07. The summed E-state index contributed by atoms with van der Waals surface area (Å²) in [5.74, 6) is -0.550. The first kappa shape index (κ1) is 18.5. The van der Waals surface area contributed by atoms with Gasteiger partial charge >= 0.3 is 0 Å². The molecule has 1 aromatic carbocycles. The van der Waals surface area contributed by atoms with Crippen molar-refractivity contribution in [1.29, 1.82) is 0 Å². The van der Waals surface area contributed by atoms with Crippen LogP contribution in [0.2, 0.25) is 5.02 Å². The minimum Gasteiger partial charge on any atom is -0.337 e. The average molecular weight is 387 g/mol. The fourth-order valence-electron chi connectivity index (χ4n) is 2.66. The van der Waals surface area contributed by atoms with Crippen LogP contribution in [0.5, 0.6) is 0 Å². The summed E-state index contributed by atoms with van der Waals surface area (Å²) in [6.45, 7) is 1.84. The molecule has 2 aromatic heterocycles. The Morgan fingerprint density at radius 2 is 2.07 bits per heavy atom. The predicted octanol–water partition coefficient (Wildman–Crippen LogP) is 2.84. The Morgan fingerprint density at radius 1 is 1.33 bits per heavy atom. The van der Waals surface area contributed by atoms with E-state index in [0.29, 0.717) is 16.2 Å². The standard InChI is InChI=1S/C18H15ClN4O4/c1-11-3-6-16-20-8-14(18(25)22(16)9-11)17(24)21(2)10-12-7-13(23(26)27)4-5-15(12)19/h3-9H,10H2,1-2H3. The van der Waals surface area contributed by atoms with Crippen molar-refractivity contribution in [1.82, 2.24) is 14.3 Å². The SMILES string of the molecule is Cc1ccc2ncc(C(=O)N(C)Cc3cc([N+](=O)[O-])ccc3Cl)c(=O)n2c1. The van der Waals surface area contributed by atoms with E-state index in [0.717, 1.165) is 5.56 Å². The van der Waals surface area contributed by atoms with Crippen LogP contribution in [0.1, 0.15) is 21.5 Å². The van der Waals surface area contributed by atoms with Gasteiger partial charge in [0.25, 0.3) is 17.2 Å². The third kappa shape index (κ3) is 3.65. The number of nitro groups is 1. The van der Waals surface area contributed by atoms with E-state index in [1.165, 1.54) is 40.7 Å². The maximum atomic E-state index is 12.7. The second-order valence-corrected chi connectivity index (χ2v) is 6.51. The van der Waals surface area contributed by atoms with Crippen molar-refractivity contribution in [2.45, 2.75) is 13.5 Å². The van der Waals surface area contributed by atoms with Crippen LogP contribution in [0.25, 0.3) is 5.65 Å². The number of aromatic nitrogens is 2. The molecule has 0 saturated carbocycles. The highest BCUT2D eigenvalue weighted by molar-refractivity contribution is 6.31. The van der Waals surface area contributed by atoms with Crippen LogP contribution >= 0.6 is 11.6 Å². The van der Waals surface area contributed by atoms with Crippen molar-refractivity contribution < 1.29 is 9.72 Å². The fourth-order valence-corrected chi connectivity index (χ4v) is 2.84. The van der Waals surface area contributed by atoms with Crippen LogP contribution in [0, 0.1) is 17.0 Å². The van der Waals surface area contributed by atoms with Crippen LogP contribution in [-0.4, -0.2) is 32.2 Å². The Labute approximate surface area is 158 Å². The zero-order valence-corrected chi connectivity index (χ0v) is 15.3. The van der Waals surface area contributed by atoms with E-state index in [4.69, 9.17) is 11.6 Å². The Balaban J connectivity index is 1.93. The van der Waals surface area contributed by atoms with E-state index in [1.807, 2.05) is 13.0 Å². The fraction of sp³-hybridized carbons (Fsp3) is 0.167. The third-order valence-corrected chi connectivity index (χ3v) is 4.44. The molecule has 8 nitrogen and oxygen atoms in total. The Bertz CT molecular complexity index is 1130. The van der Waals surface area contributed by atoms with Crippen molar-refractivity contribution in [2.75, 3.05) is 7.05 Å². The quantitative estimate of drug-likeness (QED) is 0.507. The second kappa shape index (κ2) is 7.16. The van der Waals surface area contributed by atoms with Crippen LogP contribution in [0.15, 0.2) is 47.5 Å². The van der Waals surface area contributed by atoms with Gasteiger partial charge in [-0.05, 0) is 30.2 Å². The molecule has 3 rings (SSSR count). The number of non-ortho nitro benzene ring substituents is 1. The molecule has 0 saturated heterocycles. The number of rotatable bonds is 4. The molecule has 0 bridgehead atoms. The predicted molar refractivity (Wildman–Crippen MR) is 100 cm³/mol. The summed E-state index contributed by atoms with van der Waals surface area (Å²) in [6, 6.07) is 7.51. The van der Waals surface area contributed by atoms with Crippen LogP contribution in [-0.2, 0) is 6.54 Å². The number of pyridine rings is 1. The van der Waals surface area contributed by atoms with Crippen molar-refractivity contribution in [3.8, 4) is 0 Å². The summed E-state index contributed by atoms with van der Waals surface area (Å²) in [5, 5.41) is 11.2. The Kier molecular flexibility index (Phi) is 4.91. The molecule has 138 valence electrons. The number of benzene rings is 1. The van der Waals surface area contributed by atoms with Crippen LogP contribution < -0.4 is 5.56 Å². The minimum absolute atomic E-state index is 0.00923. The van der Waals surface area contributed by atoms with Gasteiger partial charge < -0.3 is 4.90 Å². The molecule has 0 N–H and O–H groups in total. The van der Waals surface area contributed by atoms with Crippen molar-refractivity contribution in [3.63, 3.8) is 0 Å². The lowest BCUT2D eigenvalue weighted by molar-refractivity contribution is -0.384. The molecule has 0 fully saturated rings. The Morgan fingerprint density at radius 3 is 2.78 bits per heavy atom. The lowest BCUT2D eigenvalue weighted by atomic mass is 10.1. The summed E-state index contributed by atoms with van der Waals surface area (Å²) in [5.41, 5.74) is 0.997. The molecule has 3 aromatic rings. The number of hydrogen-bond acceptors (Lipinski definition) is 5. The van der Waals surface area contributed by atoms with Crippen LogP contribution in [0.3, 0.4) is 0 Å². The molecular formula is C18H15ClN4O4. The average Bonchev–Trinajstić information content (AvgIpc) is 2.63. The number of halogens is 1. The maximum Gasteiger partial charge on any atom is 0.270 e. The monoisotopic (exact) mass is 386 g/mol. The largest absolute Gasteiger partial charge is 0.337 e. The van der Waals surface area contributed by atoms with Gasteiger partial charge in [0.1, 0.15) is 11.2 Å². The molecule has 2 heterocycles. The molecule has 0 atom stereocenters. The molecular weight excluding hydrogens is 372 g/mol. The molecule has 0 aliphatic carbocycles. The van der Waals surface area contributed by atoms with Gasteiger partial charge in [-0.25, -0.2) is 4.98 Å². The summed E-state index contributed by atoms with van der Waals surface area (Å²) in [6.07, 6.45) is 2.85. The number of amides is 1.